The Morgan fingerprint density at radius 2 is 1.86 bits per heavy atom. The number of aliphatic hydroxyl groups is 1. The molecule has 0 fully saturated rings. The summed E-state index contributed by atoms with van der Waals surface area (Å²) >= 11 is 0. The second-order valence-electron chi connectivity index (χ2n) is 5.20. The molecule has 1 N–H and O–H groups in total. The predicted molar refractivity (Wildman–Crippen MR) is 77.3 cm³/mol. The van der Waals surface area contributed by atoms with Gasteiger partial charge in [-0.3, -0.25) is 0 Å². The van der Waals surface area contributed by atoms with E-state index in [2.05, 4.69) is 0 Å². The van der Waals surface area contributed by atoms with Gasteiger partial charge in [-0.25, -0.2) is 4.39 Å². The maximum absolute atomic E-state index is 13.9. The van der Waals surface area contributed by atoms with Crippen LogP contribution in [0.4, 0.5) is 4.39 Å². The van der Waals surface area contributed by atoms with E-state index in [1.807, 2.05) is 0 Å². The SMILES string of the molecule is COc1ccc(C2(O)CCc3c(F)cccc32)cc1OC. The van der Waals surface area contributed by atoms with E-state index in [0.29, 0.717) is 41.0 Å². The highest BCUT2D eigenvalue weighted by Crippen LogP contribution is 2.44. The highest BCUT2D eigenvalue weighted by Gasteiger charge is 2.40. The van der Waals surface area contributed by atoms with Crippen LogP contribution in [0, 0.1) is 5.82 Å². The third kappa shape index (κ3) is 2.07. The molecule has 2 aromatic rings. The van der Waals surface area contributed by atoms with Gasteiger partial charge >= 0.3 is 0 Å². The van der Waals surface area contributed by atoms with E-state index in [9.17, 15) is 9.50 Å². The van der Waals surface area contributed by atoms with Crippen LogP contribution in [0.25, 0.3) is 0 Å². The van der Waals surface area contributed by atoms with Crippen molar-refractivity contribution in [3.05, 3.63) is 58.9 Å². The maximum Gasteiger partial charge on any atom is 0.161 e. The molecule has 1 aliphatic carbocycles. The molecule has 0 amide bonds. The van der Waals surface area contributed by atoms with Crippen molar-refractivity contribution in [1.82, 2.24) is 0 Å². The van der Waals surface area contributed by atoms with Crippen LogP contribution in [0.3, 0.4) is 0 Å². The van der Waals surface area contributed by atoms with Crippen molar-refractivity contribution < 1.29 is 19.0 Å². The summed E-state index contributed by atoms with van der Waals surface area (Å²) in [7, 11) is 3.11. The summed E-state index contributed by atoms with van der Waals surface area (Å²) in [6, 6.07) is 10.1. The number of ether oxygens (including phenoxy) is 2. The minimum atomic E-state index is -1.18. The topological polar surface area (TPSA) is 38.7 Å². The van der Waals surface area contributed by atoms with E-state index in [-0.39, 0.29) is 5.82 Å². The first-order chi connectivity index (χ1) is 10.1. The second-order valence-corrected chi connectivity index (χ2v) is 5.20. The molecule has 1 aliphatic rings. The third-order valence-electron chi connectivity index (χ3n) is 4.16. The molecule has 0 heterocycles. The van der Waals surface area contributed by atoms with Gasteiger partial charge in [-0.15, -0.1) is 0 Å². The Balaban J connectivity index is 2.12. The number of methoxy groups -OCH3 is 2. The van der Waals surface area contributed by atoms with Crippen LogP contribution in [-0.2, 0) is 12.0 Å². The van der Waals surface area contributed by atoms with Crippen molar-refractivity contribution in [3.63, 3.8) is 0 Å². The second kappa shape index (κ2) is 5.04. The van der Waals surface area contributed by atoms with Gasteiger partial charge in [0.2, 0.25) is 0 Å². The van der Waals surface area contributed by atoms with E-state index in [4.69, 9.17) is 9.47 Å². The van der Waals surface area contributed by atoms with E-state index >= 15 is 0 Å². The van der Waals surface area contributed by atoms with Gasteiger partial charge in [-0.05, 0) is 47.7 Å². The summed E-state index contributed by atoms with van der Waals surface area (Å²) in [5.41, 5.74) is 0.728. The van der Waals surface area contributed by atoms with Gasteiger partial charge in [-0.2, -0.15) is 0 Å². The highest BCUT2D eigenvalue weighted by atomic mass is 19.1. The zero-order chi connectivity index (χ0) is 15.0. The maximum atomic E-state index is 13.9. The lowest BCUT2D eigenvalue weighted by Crippen LogP contribution is -2.24. The van der Waals surface area contributed by atoms with Gasteiger partial charge in [0.25, 0.3) is 0 Å². The number of hydrogen-bond donors (Lipinski definition) is 1. The number of halogens is 1. The molecule has 0 saturated carbocycles. The molecule has 0 spiro atoms. The smallest absolute Gasteiger partial charge is 0.161 e. The molecule has 1 unspecified atom stereocenters. The molecule has 4 heteroatoms. The number of hydrogen-bond acceptors (Lipinski definition) is 3. The fourth-order valence-corrected chi connectivity index (χ4v) is 3.03. The Hall–Kier alpha value is -2.07. The van der Waals surface area contributed by atoms with Gasteiger partial charge in [0, 0.05) is 0 Å². The number of fused-ring (bicyclic) bond motifs is 1. The van der Waals surface area contributed by atoms with Crippen LogP contribution >= 0.6 is 0 Å². The highest BCUT2D eigenvalue weighted by molar-refractivity contribution is 5.51. The van der Waals surface area contributed by atoms with Crippen molar-refractivity contribution in [2.24, 2.45) is 0 Å². The van der Waals surface area contributed by atoms with E-state index in [0.717, 1.165) is 0 Å². The molecule has 21 heavy (non-hydrogen) atoms. The normalized spacial score (nSPS) is 20.2. The third-order valence-corrected chi connectivity index (χ3v) is 4.16. The number of rotatable bonds is 3. The zero-order valence-corrected chi connectivity index (χ0v) is 12.0. The Kier molecular flexibility index (Phi) is 3.33. The van der Waals surface area contributed by atoms with Crippen molar-refractivity contribution in [3.8, 4) is 11.5 Å². The minimum Gasteiger partial charge on any atom is -0.493 e. The molecule has 1 atom stereocenters. The van der Waals surface area contributed by atoms with Crippen LogP contribution < -0.4 is 9.47 Å². The standard InChI is InChI=1S/C17H17FO3/c1-20-15-7-6-11(10-16(15)21-2)17(19)9-8-12-13(17)4-3-5-14(12)18/h3-7,10,19H,8-9H2,1-2H3. The van der Waals surface area contributed by atoms with Gasteiger partial charge in [-0.1, -0.05) is 18.2 Å². The van der Waals surface area contributed by atoms with E-state index in [1.54, 1.807) is 44.6 Å². The molecular formula is C17H17FO3. The lowest BCUT2D eigenvalue weighted by molar-refractivity contribution is 0.0826. The monoisotopic (exact) mass is 288 g/mol. The van der Waals surface area contributed by atoms with Crippen molar-refractivity contribution >= 4 is 0 Å². The minimum absolute atomic E-state index is 0.260. The Bertz CT molecular complexity index is 684. The van der Waals surface area contributed by atoms with E-state index < -0.39 is 5.60 Å². The Morgan fingerprint density at radius 1 is 1.10 bits per heavy atom. The van der Waals surface area contributed by atoms with E-state index in [1.165, 1.54) is 6.07 Å². The summed E-state index contributed by atoms with van der Waals surface area (Å²) in [5.74, 6) is 0.888. The fraction of sp³-hybridized carbons (Fsp3) is 0.294. The molecule has 2 aromatic carbocycles. The summed E-state index contributed by atoms with van der Waals surface area (Å²) in [4.78, 5) is 0. The lowest BCUT2D eigenvalue weighted by atomic mass is 9.87. The van der Waals surface area contributed by atoms with Crippen LogP contribution in [0.2, 0.25) is 0 Å². The van der Waals surface area contributed by atoms with Crippen LogP contribution in [0.15, 0.2) is 36.4 Å². The Labute approximate surface area is 122 Å². The van der Waals surface area contributed by atoms with Crippen molar-refractivity contribution in [2.45, 2.75) is 18.4 Å². The molecule has 0 saturated heterocycles. The summed E-state index contributed by atoms with van der Waals surface area (Å²) in [5, 5.41) is 11.1. The quantitative estimate of drug-likeness (QED) is 0.943. The van der Waals surface area contributed by atoms with Crippen LogP contribution in [-0.4, -0.2) is 19.3 Å². The van der Waals surface area contributed by atoms with Gasteiger partial charge in [0.1, 0.15) is 11.4 Å². The lowest BCUT2D eigenvalue weighted by Gasteiger charge is -2.25. The number of benzene rings is 2. The average molecular weight is 288 g/mol. The fourth-order valence-electron chi connectivity index (χ4n) is 3.03. The molecule has 3 rings (SSSR count). The first-order valence-electron chi connectivity index (χ1n) is 6.83. The van der Waals surface area contributed by atoms with Crippen LogP contribution in [0.5, 0.6) is 11.5 Å². The zero-order valence-electron chi connectivity index (χ0n) is 12.0. The molecular weight excluding hydrogens is 271 g/mol. The molecule has 110 valence electrons. The van der Waals surface area contributed by atoms with Gasteiger partial charge in [0.05, 0.1) is 14.2 Å². The average Bonchev–Trinajstić information content (AvgIpc) is 2.87. The molecule has 3 nitrogen and oxygen atoms in total. The van der Waals surface area contributed by atoms with Gasteiger partial charge < -0.3 is 14.6 Å². The molecule has 0 radical (unpaired) electrons. The van der Waals surface area contributed by atoms with Crippen molar-refractivity contribution in [2.75, 3.05) is 14.2 Å². The largest absolute Gasteiger partial charge is 0.493 e. The summed E-state index contributed by atoms with van der Waals surface area (Å²) in [6.07, 6.45) is 0.978. The van der Waals surface area contributed by atoms with Crippen molar-refractivity contribution in [1.29, 1.82) is 0 Å². The molecule has 0 bridgehead atoms. The predicted octanol–water partition coefficient (Wildman–Crippen LogP) is 3.03. The summed E-state index contributed by atoms with van der Waals surface area (Å²) < 4.78 is 24.3. The first-order valence-corrected chi connectivity index (χ1v) is 6.83. The first kappa shape index (κ1) is 13.9. The van der Waals surface area contributed by atoms with Crippen LogP contribution in [0.1, 0.15) is 23.1 Å². The molecule has 0 aliphatic heterocycles. The van der Waals surface area contributed by atoms with Gasteiger partial charge in [0.15, 0.2) is 11.5 Å². The Morgan fingerprint density at radius 3 is 2.57 bits per heavy atom. The summed E-state index contributed by atoms with van der Waals surface area (Å²) in [6.45, 7) is 0. The molecule has 0 aromatic heterocycles.